The first-order chi connectivity index (χ1) is 14.5. The number of carbonyl (C=O) groups is 2. The lowest BCUT2D eigenvalue weighted by molar-refractivity contribution is -0.152. The van der Waals surface area contributed by atoms with Crippen LogP contribution in [0.1, 0.15) is 36.8 Å². The molecule has 0 bridgehead atoms. The second kappa shape index (κ2) is 11.9. The van der Waals surface area contributed by atoms with Crippen LogP contribution in [-0.2, 0) is 14.3 Å². The number of rotatable bonds is 7. The molecule has 2 aliphatic rings. The van der Waals surface area contributed by atoms with Crippen LogP contribution >= 0.6 is 0 Å². The van der Waals surface area contributed by atoms with Crippen molar-refractivity contribution in [2.45, 2.75) is 39.5 Å². The lowest BCUT2D eigenvalue weighted by Gasteiger charge is -2.42. The summed E-state index contributed by atoms with van der Waals surface area (Å²) < 4.78 is 11.4. The summed E-state index contributed by atoms with van der Waals surface area (Å²) in [6.45, 7) is 9.74. The Labute approximate surface area is 179 Å². The number of aryl methyl sites for hydroxylation is 1. The van der Waals surface area contributed by atoms with Gasteiger partial charge in [-0.15, -0.1) is 0 Å². The van der Waals surface area contributed by atoms with Crippen LogP contribution in [-0.4, -0.2) is 80.3 Å². The van der Waals surface area contributed by atoms with Gasteiger partial charge in [0.25, 0.3) is 6.47 Å². The molecule has 1 aromatic carbocycles. The Morgan fingerprint density at radius 1 is 1.17 bits per heavy atom. The maximum Gasteiger partial charge on any atom is 0.290 e. The van der Waals surface area contributed by atoms with Crippen molar-refractivity contribution < 1.29 is 24.2 Å². The van der Waals surface area contributed by atoms with Crippen LogP contribution < -0.4 is 4.74 Å². The van der Waals surface area contributed by atoms with Crippen LogP contribution in [0.4, 0.5) is 0 Å². The topological polar surface area (TPSA) is 79.3 Å². The summed E-state index contributed by atoms with van der Waals surface area (Å²) in [7, 11) is 1.70. The Kier molecular flexibility index (Phi) is 9.59. The second-order valence-corrected chi connectivity index (χ2v) is 8.21. The monoisotopic (exact) mass is 420 g/mol. The van der Waals surface area contributed by atoms with Gasteiger partial charge in [0.2, 0.25) is 5.91 Å². The summed E-state index contributed by atoms with van der Waals surface area (Å²) >= 11 is 0. The molecule has 1 saturated carbocycles. The van der Waals surface area contributed by atoms with Gasteiger partial charge in [0.05, 0.1) is 12.0 Å². The van der Waals surface area contributed by atoms with E-state index in [1.54, 1.807) is 7.11 Å². The summed E-state index contributed by atoms with van der Waals surface area (Å²) in [6.07, 6.45) is 4.12. The van der Waals surface area contributed by atoms with Crippen LogP contribution in [0.15, 0.2) is 18.2 Å². The molecule has 1 aromatic rings. The Bertz CT molecular complexity index is 690. The predicted molar refractivity (Wildman–Crippen MR) is 116 cm³/mol. The van der Waals surface area contributed by atoms with Gasteiger partial charge in [-0.1, -0.05) is 18.6 Å². The molecular formula is C23H36N2O5. The zero-order valence-corrected chi connectivity index (χ0v) is 18.6. The van der Waals surface area contributed by atoms with Crippen molar-refractivity contribution in [2.24, 2.45) is 5.41 Å². The van der Waals surface area contributed by atoms with Gasteiger partial charge in [-0.2, -0.15) is 0 Å². The Hall–Kier alpha value is -2.12. The fourth-order valence-electron chi connectivity index (χ4n) is 4.20. The van der Waals surface area contributed by atoms with Crippen molar-refractivity contribution in [3.05, 3.63) is 29.3 Å². The molecule has 7 heteroatoms. The molecule has 30 heavy (non-hydrogen) atoms. The first-order valence-corrected chi connectivity index (χ1v) is 10.7. The third-order valence-electron chi connectivity index (χ3n) is 6.28. The third-order valence-corrected chi connectivity index (χ3v) is 6.28. The molecule has 1 amide bonds. The molecule has 1 aliphatic heterocycles. The van der Waals surface area contributed by atoms with E-state index < -0.39 is 0 Å². The Morgan fingerprint density at radius 2 is 1.90 bits per heavy atom. The molecule has 1 saturated heterocycles. The summed E-state index contributed by atoms with van der Waals surface area (Å²) in [4.78, 5) is 25.9. The normalized spacial score (nSPS) is 18.4. The number of hydrogen-bond donors (Lipinski definition) is 1. The van der Waals surface area contributed by atoms with Crippen molar-refractivity contribution >= 4 is 12.4 Å². The highest BCUT2D eigenvalue weighted by molar-refractivity contribution is 5.83. The molecule has 0 atom stereocenters. The van der Waals surface area contributed by atoms with E-state index in [1.807, 2.05) is 12.1 Å². The molecule has 0 aromatic heterocycles. The maximum atomic E-state index is 13.0. The fraction of sp³-hybridized carbons (Fsp3) is 0.652. The average molecular weight is 421 g/mol. The lowest BCUT2D eigenvalue weighted by atomic mass is 9.68. The predicted octanol–water partition coefficient (Wildman–Crippen LogP) is 2.73. The van der Waals surface area contributed by atoms with Gasteiger partial charge in [-0.3, -0.25) is 14.5 Å². The van der Waals surface area contributed by atoms with Crippen LogP contribution in [0.2, 0.25) is 0 Å². The maximum absolute atomic E-state index is 13.0. The van der Waals surface area contributed by atoms with Gasteiger partial charge in [-0.05, 0) is 50.3 Å². The first-order valence-electron chi connectivity index (χ1n) is 10.7. The molecule has 2 fully saturated rings. The van der Waals surface area contributed by atoms with Gasteiger partial charge in [0, 0.05) is 39.8 Å². The molecule has 1 heterocycles. The van der Waals surface area contributed by atoms with Crippen LogP contribution in [0, 0.1) is 19.3 Å². The molecule has 0 spiro atoms. The van der Waals surface area contributed by atoms with Crippen LogP contribution in [0.25, 0.3) is 0 Å². The number of hydrogen-bond acceptors (Lipinski definition) is 5. The highest BCUT2D eigenvalue weighted by Crippen LogP contribution is 2.42. The van der Waals surface area contributed by atoms with E-state index in [0.717, 1.165) is 64.2 Å². The largest absolute Gasteiger partial charge is 0.492 e. The quantitative estimate of drug-likeness (QED) is 0.684. The van der Waals surface area contributed by atoms with Crippen molar-refractivity contribution in [3.63, 3.8) is 0 Å². The number of methoxy groups -OCH3 is 1. The molecular weight excluding hydrogens is 384 g/mol. The second-order valence-electron chi connectivity index (χ2n) is 8.21. The Balaban J connectivity index is 0.00000101. The Morgan fingerprint density at radius 3 is 2.53 bits per heavy atom. The van der Waals surface area contributed by atoms with Gasteiger partial charge in [-0.25, -0.2) is 0 Å². The number of ether oxygens (including phenoxy) is 2. The highest BCUT2D eigenvalue weighted by Gasteiger charge is 2.46. The average Bonchev–Trinajstić information content (AvgIpc) is 2.94. The molecule has 0 radical (unpaired) electrons. The number of carboxylic acid groups (broad SMARTS) is 1. The summed E-state index contributed by atoms with van der Waals surface area (Å²) in [5, 5.41) is 6.89. The smallest absolute Gasteiger partial charge is 0.290 e. The molecule has 1 N–H and O–H groups in total. The van der Waals surface area contributed by atoms with E-state index >= 15 is 0 Å². The minimum absolute atomic E-state index is 0.240. The van der Waals surface area contributed by atoms with Crippen molar-refractivity contribution in [1.29, 1.82) is 0 Å². The first kappa shape index (κ1) is 24.2. The molecule has 3 rings (SSSR count). The van der Waals surface area contributed by atoms with E-state index in [0.29, 0.717) is 19.1 Å². The van der Waals surface area contributed by atoms with Crippen LogP contribution in [0.5, 0.6) is 5.75 Å². The summed E-state index contributed by atoms with van der Waals surface area (Å²) in [6, 6.07) is 6.20. The number of carbonyl (C=O) groups excluding carboxylic acids is 1. The lowest BCUT2D eigenvalue weighted by Crippen LogP contribution is -2.51. The standard InChI is InChI=1S/C22H34N2O3.CH2O2/c1-18-7-4-8-20(19(18)2)27-16-15-23-11-6-12-24(14-13-23)21(25)22(17-26-3)9-5-10-22;2-1-3/h4,7-8H,5-6,9-17H2,1-3H3;1H,(H,2,3). The van der Waals surface area contributed by atoms with Gasteiger partial charge in [0.1, 0.15) is 12.4 Å². The zero-order chi connectivity index (χ0) is 22.0. The van der Waals surface area contributed by atoms with Gasteiger partial charge >= 0.3 is 0 Å². The van der Waals surface area contributed by atoms with E-state index in [2.05, 4.69) is 29.7 Å². The zero-order valence-electron chi connectivity index (χ0n) is 18.6. The third kappa shape index (κ3) is 6.19. The van der Waals surface area contributed by atoms with E-state index in [1.165, 1.54) is 11.1 Å². The molecule has 7 nitrogen and oxygen atoms in total. The van der Waals surface area contributed by atoms with Crippen molar-refractivity contribution in [2.75, 3.05) is 53.0 Å². The number of nitrogens with zero attached hydrogens (tertiary/aromatic N) is 2. The summed E-state index contributed by atoms with van der Waals surface area (Å²) in [5.41, 5.74) is 2.24. The van der Waals surface area contributed by atoms with Gasteiger partial charge in [0.15, 0.2) is 0 Å². The van der Waals surface area contributed by atoms with Crippen molar-refractivity contribution in [1.82, 2.24) is 9.80 Å². The fourth-order valence-corrected chi connectivity index (χ4v) is 4.20. The minimum atomic E-state index is -0.250. The van der Waals surface area contributed by atoms with Crippen molar-refractivity contribution in [3.8, 4) is 5.75 Å². The van der Waals surface area contributed by atoms with Gasteiger partial charge < -0.3 is 19.5 Å². The van der Waals surface area contributed by atoms with E-state index in [4.69, 9.17) is 19.4 Å². The molecule has 168 valence electrons. The van der Waals surface area contributed by atoms with E-state index in [-0.39, 0.29) is 11.9 Å². The van der Waals surface area contributed by atoms with Crippen LogP contribution in [0.3, 0.4) is 0 Å². The van der Waals surface area contributed by atoms with E-state index in [9.17, 15) is 4.79 Å². The molecule has 1 aliphatic carbocycles. The SMILES string of the molecule is COCC1(C(=O)N2CCCN(CCOc3cccc(C)c3C)CC2)CCC1.O=CO. The number of benzene rings is 1. The summed E-state index contributed by atoms with van der Waals surface area (Å²) in [5.74, 6) is 1.29. The minimum Gasteiger partial charge on any atom is -0.492 e. The molecule has 0 unspecified atom stereocenters. The highest BCUT2D eigenvalue weighted by atomic mass is 16.5. The number of amides is 1.